The van der Waals surface area contributed by atoms with Gasteiger partial charge in [-0.15, -0.1) is 0 Å². The second kappa shape index (κ2) is 6.89. The van der Waals surface area contributed by atoms with E-state index in [1.54, 1.807) is 4.90 Å². The molecule has 2 heterocycles. The fourth-order valence-corrected chi connectivity index (χ4v) is 4.42. The zero-order valence-electron chi connectivity index (χ0n) is 13.8. The monoisotopic (exact) mass is 322 g/mol. The minimum Gasteiger partial charge on any atom is -0.467 e. The first-order valence-corrected chi connectivity index (χ1v) is 8.78. The number of hydrogen-bond acceptors (Lipinski definition) is 4. The molecule has 6 heteroatoms. The average molecular weight is 322 g/mol. The van der Waals surface area contributed by atoms with Crippen LogP contribution in [-0.4, -0.2) is 48.4 Å². The van der Waals surface area contributed by atoms with E-state index in [1.165, 1.54) is 39.2 Å². The standard InChI is InChI=1S/C17H26N2O4/c1-23-17(22)14-9-12(11-5-3-2-4-6-11)10-19(14)16(21)13-7-8-15(20)18-13/h11-14H,2-10H2,1H3,(H,18,20)/t12-,13+,14-/m0/s1. The first-order valence-electron chi connectivity index (χ1n) is 8.78. The summed E-state index contributed by atoms with van der Waals surface area (Å²) >= 11 is 0. The number of esters is 1. The number of likely N-dealkylation sites (tertiary alicyclic amines) is 1. The zero-order valence-corrected chi connectivity index (χ0v) is 13.8. The minimum absolute atomic E-state index is 0.0824. The van der Waals surface area contributed by atoms with E-state index in [9.17, 15) is 14.4 Å². The molecule has 2 amide bonds. The summed E-state index contributed by atoms with van der Waals surface area (Å²) in [5, 5.41) is 2.72. The van der Waals surface area contributed by atoms with Gasteiger partial charge in [-0.3, -0.25) is 9.59 Å². The number of methoxy groups -OCH3 is 1. The molecule has 6 nitrogen and oxygen atoms in total. The van der Waals surface area contributed by atoms with E-state index in [4.69, 9.17) is 4.74 Å². The highest BCUT2D eigenvalue weighted by Crippen LogP contribution is 2.38. The Labute approximate surface area is 136 Å². The summed E-state index contributed by atoms with van der Waals surface area (Å²) < 4.78 is 4.91. The number of carbonyl (C=O) groups excluding carboxylic acids is 3. The number of nitrogens with one attached hydrogen (secondary N) is 1. The number of hydrogen-bond donors (Lipinski definition) is 1. The Balaban J connectivity index is 1.71. The van der Waals surface area contributed by atoms with Crippen molar-refractivity contribution >= 4 is 17.8 Å². The highest BCUT2D eigenvalue weighted by atomic mass is 16.5. The molecule has 1 N–H and O–H groups in total. The first-order chi connectivity index (χ1) is 11.1. The predicted molar refractivity (Wildman–Crippen MR) is 83.4 cm³/mol. The summed E-state index contributed by atoms with van der Waals surface area (Å²) in [6, 6.07) is -0.961. The molecule has 3 rings (SSSR count). The van der Waals surface area contributed by atoms with Gasteiger partial charge in [0, 0.05) is 13.0 Å². The molecule has 23 heavy (non-hydrogen) atoms. The summed E-state index contributed by atoms with van der Waals surface area (Å²) in [4.78, 5) is 37.9. The van der Waals surface area contributed by atoms with Gasteiger partial charge in [-0.1, -0.05) is 32.1 Å². The van der Waals surface area contributed by atoms with Gasteiger partial charge in [0.05, 0.1) is 7.11 Å². The first kappa shape index (κ1) is 16.3. The number of amides is 2. The van der Waals surface area contributed by atoms with E-state index in [2.05, 4.69) is 5.32 Å². The van der Waals surface area contributed by atoms with Crippen LogP contribution in [0.25, 0.3) is 0 Å². The molecule has 3 fully saturated rings. The summed E-state index contributed by atoms with van der Waals surface area (Å²) in [6.45, 7) is 0.621. The van der Waals surface area contributed by atoms with Crippen molar-refractivity contribution in [3.8, 4) is 0 Å². The zero-order chi connectivity index (χ0) is 16.4. The van der Waals surface area contributed by atoms with Crippen molar-refractivity contribution in [2.45, 2.75) is 63.5 Å². The maximum atomic E-state index is 12.8. The summed E-state index contributed by atoms with van der Waals surface area (Å²) in [7, 11) is 1.37. The van der Waals surface area contributed by atoms with Crippen molar-refractivity contribution in [1.82, 2.24) is 10.2 Å². The Morgan fingerprint density at radius 1 is 1.13 bits per heavy atom. The molecule has 0 bridgehead atoms. The Kier molecular flexibility index (Phi) is 4.87. The highest BCUT2D eigenvalue weighted by molar-refractivity contribution is 5.93. The molecule has 0 aromatic rings. The van der Waals surface area contributed by atoms with Crippen LogP contribution in [0.4, 0.5) is 0 Å². The lowest BCUT2D eigenvalue weighted by atomic mass is 9.79. The quantitative estimate of drug-likeness (QED) is 0.793. The molecular weight excluding hydrogens is 296 g/mol. The van der Waals surface area contributed by atoms with Crippen LogP contribution < -0.4 is 5.32 Å². The van der Waals surface area contributed by atoms with Gasteiger partial charge in [0.15, 0.2) is 0 Å². The molecule has 0 radical (unpaired) electrons. The third-order valence-corrected chi connectivity index (χ3v) is 5.70. The highest BCUT2D eigenvalue weighted by Gasteiger charge is 2.45. The summed E-state index contributed by atoms with van der Waals surface area (Å²) in [6.07, 6.45) is 7.79. The van der Waals surface area contributed by atoms with Crippen LogP contribution in [0.5, 0.6) is 0 Å². The number of rotatable bonds is 3. The van der Waals surface area contributed by atoms with Gasteiger partial charge in [0.1, 0.15) is 12.1 Å². The van der Waals surface area contributed by atoms with E-state index in [0.29, 0.717) is 37.6 Å². The molecule has 1 aliphatic carbocycles. The van der Waals surface area contributed by atoms with Crippen LogP contribution >= 0.6 is 0 Å². The number of nitrogens with zero attached hydrogens (tertiary/aromatic N) is 1. The lowest BCUT2D eigenvalue weighted by molar-refractivity contribution is -0.151. The molecular formula is C17H26N2O4. The van der Waals surface area contributed by atoms with Crippen molar-refractivity contribution in [2.24, 2.45) is 11.8 Å². The second-order valence-electron chi connectivity index (χ2n) is 7.08. The van der Waals surface area contributed by atoms with E-state index in [1.807, 2.05) is 0 Å². The molecule has 2 saturated heterocycles. The van der Waals surface area contributed by atoms with Crippen LogP contribution in [0.3, 0.4) is 0 Å². The summed E-state index contributed by atoms with van der Waals surface area (Å²) in [5.74, 6) is 0.443. The average Bonchev–Trinajstić information content (AvgIpc) is 3.21. The fourth-order valence-electron chi connectivity index (χ4n) is 4.42. The maximum absolute atomic E-state index is 12.8. The minimum atomic E-state index is -0.489. The van der Waals surface area contributed by atoms with Crippen LogP contribution in [0.1, 0.15) is 51.4 Å². The van der Waals surface area contributed by atoms with Gasteiger partial charge in [0.2, 0.25) is 11.8 Å². The summed E-state index contributed by atoms with van der Waals surface area (Å²) in [5.41, 5.74) is 0. The van der Waals surface area contributed by atoms with E-state index < -0.39 is 12.1 Å². The van der Waals surface area contributed by atoms with Crippen LogP contribution in [0, 0.1) is 11.8 Å². The molecule has 3 aliphatic rings. The fraction of sp³-hybridized carbons (Fsp3) is 0.824. The molecule has 1 saturated carbocycles. The van der Waals surface area contributed by atoms with E-state index in [-0.39, 0.29) is 17.8 Å². The molecule has 3 atom stereocenters. The van der Waals surface area contributed by atoms with E-state index >= 15 is 0 Å². The third kappa shape index (κ3) is 3.35. The van der Waals surface area contributed by atoms with Gasteiger partial charge < -0.3 is 15.0 Å². The van der Waals surface area contributed by atoms with Gasteiger partial charge in [-0.2, -0.15) is 0 Å². The Hall–Kier alpha value is -1.59. The van der Waals surface area contributed by atoms with Crippen molar-refractivity contribution in [3.05, 3.63) is 0 Å². The second-order valence-corrected chi connectivity index (χ2v) is 7.08. The molecule has 2 aliphatic heterocycles. The van der Waals surface area contributed by atoms with E-state index in [0.717, 1.165) is 0 Å². The van der Waals surface area contributed by atoms with Crippen molar-refractivity contribution in [2.75, 3.05) is 13.7 Å². The molecule has 0 aromatic carbocycles. The lowest BCUT2D eigenvalue weighted by Gasteiger charge is -2.28. The smallest absolute Gasteiger partial charge is 0.328 e. The maximum Gasteiger partial charge on any atom is 0.328 e. The predicted octanol–water partition coefficient (Wildman–Crippen LogP) is 1.24. The van der Waals surface area contributed by atoms with Gasteiger partial charge in [-0.05, 0) is 24.7 Å². The van der Waals surface area contributed by atoms with Crippen LogP contribution in [0.15, 0.2) is 0 Å². The number of ether oxygens (including phenoxy) is 1. The molecule has 0 spiro atoms. The lowest BCUT2D eigenvalue weighted by Crippen LogP contribution is -2.49. The van der Waals surface area contributed by atoms with Gasteiger partial charge in [0.25, 0.3) is 0 Å². The van der Waals surface area contributed by atoms with Crippen LogP contribution in [-0.2, 0) is 19.1 Å². The largest absolute Gasteiger partial charge is 0.467 e. The Bertz CT molecular complexity index is 487. The number of carbonyl (C=O) groups is 3. The molecule has 0 aromatic heterocycles. The topological polar surface area (TPSA) is 75.7 Å². The van der Waals surface area contributed by atoms with Gasteiger partial charge >= 0.3 is 5.97 Å². The molecule has 0 unspecified atom stereocenters. The Morgan fingerprint density at radius 2 is 1.87 bits per heavy atom. The molecule has 128 valence electrons. The normalized spacial score (nSPS) is 32.0. The van der Waals surface area contributed by atoms with Crippen LogP contribution in [0.2, 0.25) is 0 Å². The SMILES string of the molecule is COC(=O)[C@@H]1C[C@H](C2CCCCC2)CN1C(=O)[C@H]1CCC(=O)N1. The van der Waals surface area contributed by atoms with Crippen molar-refractivity contribution in [1.29, 1.82) is 0 Å². The van der Waals surface area contributed by atoms with Gasteiger partial charge in [-0.25, -0.2) is 4.79 Å². The third-order valence-electron chi connectivity index (χ3n) is 5.70. The Morgan fingerprint density at radius 3 is 2.48 bits per heavy atom. The van der Waals surface area contributed by atoms with Crippen molar-refractivity contribution < 1.29 is 19.1 Å². The van der Waals surface area contributed by atoms with Crippen molar-refractivity contribution in [3.63, 3.8) is 0 Å².